The van der Waals surface area contributed by atoms with Gasteiger partial charge in [0.1, 0.15) is 6.10 Å². The Balaban J connectivity index is 2.42. The van der Waals surface area contributed by atoms with Gasteiger partial charge in [0, 0.05) is 6.42 Å². The minimum Gasteiger partial charge on any atom is -0.462 e. The number of esters is 1. The van der Waals surface area contributed by atoms with Crippen LogP contribution in [0.2, 0.25) is 0 Å². The number of cyclic esters (lactones) is 1. The molecule has 1 rings (SSSR count). The summed E-state index contributed by atoms with van der Waals surface area (Å²) < 4.78 is 5.30. The lowest BCUT2D eigenvalue weighted by Crippen LogP contribution is -2.22. The van der Waals surface area contributed by atoms with Gasteiger partial charge in [-0.15, -0.1) is 0 Å². The van der Waals surface area contributed by atoms with Crippen LogP contribution in [-0.2, 0) is 9.53 Å². The van der Waals surface area contributed by atoms with Crippen LogP contribution < -0.4 is 0 Å². The minimum atomic E-state index is -0.0127. The van der Waals surface area contributed by atoms with Gasteiger partial charge in [0.25, 0.3) is 0 Å². The lowest BCUT2D eigenvalue weighted by atomic mass is 9.97. The van der Waals surface area contributed by atoms with Gasteiger partial charge in [0.2, 0.25) is 0 Å². The van der Waals surface area contributed by atoms with E-state index in [-0.39, 0.29) is 12.1 Å². The van der Waals surface area contributed by atoms with Crippen LogP contribution in [-0.4, -0.2) is 12.1 Å². The number of hydrogen-bond acceptors (Lipinski definition) is 2. The van der Waals surface area contributed by atoms with E-state index in [0.717, 1.165) is 6.42 Å². The third kappa shape index (κ3) is 3.79. The van der Waals surface area contributed by atoms with Gasteiger partial charge in [-0.25, -0.2) is 0 Å². The summed E-state index contributed by atoms with van der Waals surface area (Å²) in [7, 11) is 0. The Morgan fingerprint density at radius 1 is 1.15 bits per heavy atom. The van der Waals surface area contributed by atoms with Gasteiger partial charge < -0.3 is 4.74 Å². The van der Waals surface area contributed by atoms with Crippen LogP contribution >= 0.6 is 0 Å². The fourth-order valence-corrected chi connectivity index (χ4v) is 1.71. The van der Waals surface area contributed by atoms with Crippen molar-refractivity contribution in [1.29, 1.82) is 0 Å². The second kappa shape index (κ2) is 5.25. The molecule has 0 aliphatic carbocycles. The zero-order chi connectivity index (χ0) is 9.68. The van der Waals surface area contributed by atoms with E-state index in [9.17, 15) is 4.79 Å². The smallest absolute Gasteiger partial charge is 0.306 e. The van der Waals surface area contributed by atoms with E-state index < -0.39 is 0 Å². The van der Waals surface area contributed by atoms with Crippen LogP contribution in [0.3, 0.4) is 0 Å². The molecule has 2 nitrogen and oxygen atoms in total. The van der Waals surface area contributed by atoms with E-state index in [1.807, 2.05) is 6.92 Å². The predicted molar refractivity (Wildman–Crippen MR) is 52.4 cm³/mol. The number of rotatable bonds is 0. The SMILES string of the molecule is C[C@@H]1OC(=O)CCCCCC[C@@H]1C. The van der Waals surface area contributed by atoms with Crippen molar-refractivity contribution in [1.82, 2.24) is 0 Å². The zero-order valence-electron chi connectivity index (χ0n) is 8.71. The maximum absolute atomic E-state index is 11.2. The maximum Gasteiger partial charge on any atom is 0.306 e. The Morgan fingerprint density at radius 3 is 2.62 bits per heavy atom. The first-order valence-corrected chi connectivity index (χ1v) is 5.39. The largest absolute Gasteiger partial charge is 0.462 e. The number of ether oxygens (including phenoxy) is 1. The average Bonchev–Trinajstić information content (AvgIpc) is 2.09. The summed E-state index contributed by atoms with van der Waals surface area (Å²) in [6, 6.07) is 0. The van der Waals surface area contributed by atoms with E-state index in [4.69, 9.17) is 4.74 Å². The Labute approximate surface area is 80.7 Å². The molecule has 0 aromatic heterocycles. The van der Waals surface area contributed by atoms with Gasteiger partial charge in [0.05, 0.1) is 0 Å². The quantitative estimate of drug-likeness (QED) is 0.541. The molecule has 1 fully saturated rings. The summed E-state index contributed by atoms with van der Waals surface area (Å²) in [6.07, 6.45) is 6.63. The topological polar surface area (TPSA) is 26.3 Å². The molecule has 13 heavy (non-hydrogen) atoms. The van der Waals surface area contributed by atoms with Crippen molar-refractivity contribution < 1.29 is 9.53 Å². The first kappa shape index (κ1) is 10.6. The molecule has 0 aromatic rings. The minimum absolute atomic E-state index is 0.0127. The van der Waals surface area contributed by atoms with Crippen molar-refractivity contribution >= 4 is 5.97 Å². The van der Waals surface area contributed by atoms with Crippen LogP contribution in [0, 0.1) is 5.92 Å². The second-order valence-electron chi connectivity index (χ2n) is 4.13. The predicted octanol–water partition coefficient (Wildman–Crippen LogP) is 2.91. The zero-order valence-corrected chi connectivity index (χ0v) is 8.71. The molecular formula is C11H20O2. The lowest BCUT2D eigenvalue weighted by Gasteiger charge is -2.21. The number of carbonyl (C=O) groups is 1. The molecule has 0 radical (unpaired) electrons. The molecule has 0 N–H and O–H groups in total. The van der Waals surface area contributed by atoms with E-state index in [1.54, 1.807) is 0 Å². The first-order chi connectivity index (χ1) is 6.20. The molecule has 0 bridgehead atoms. The van der Waals surface area contributed by atoms with E-state index in [0.29, 0.717) is 12.3 Å². The third-order valence-corrected chi connectivity index (χ3v) is 2.91. The van der Waals surface area contributed by atoms with Gasteiger partial charge in [0.15, 0.2) is 0 Å². The van der Waals surface area contributed by atoms with Crippen molar-refractivity contribution in [3.05, 3.63) is 0 Å². The highest BCUT2D eigenvalue weighted by Crippen LogP contribution is 2.19. The Morgan fingerprint density at radius 2 is 1.85 bits per heavy atom. The average molecular weight is 184 g/mol. The highest BCUT2D eigenvalue weighted by Gasteiger charge is 2.17. The molecule has 0 amide bonds. The summed E-state index contributed by atoms with van der Waals surface area (Å²) in [4.78, 5) is 11.2. The molecule has 76 valence electrons. The number of hydrogen-bond donors (Lipinski definition) is 0. The Bertz CT molecular complexity index is 165. The highest BCUT2D eigenvalue weighted by molar-refractivity contribution is 5.69. The van der Waals surface area contributed by atoms with E-state index in [2.05, 4.69) is 6.92 Å². The van der Waals surface area contributed by atoms with Crippen molar-refractivity contribution in [2.45, 2.75) is 58.5 Å². The van der Waals surface area contributed by atoms with Gasteiger partial charge in [-0.05, 0) is 25.7 Å². The van der Waals surface area contributed by atoms with Gasteiger partial charge >= 0.3 is 5.97 Å². The van der Waals surface area contributed by atoms with Crippen molar-refractivity contribution in [2.75, 3.05) is 0 Å². The molecule has 1 aliphatic heterocycles. The summed E-state index contributed by atoms with van der Waals surface area (Å²) in [5.74, 6) is 0.503. The lowest BCUT2D eigenvalue weighted by molar-refractivity contribution is -0.151. The van der Waals surface area contributed by atoms with Crippen LogP contribution in [0.5, 0.6) is 0 Å². The van der Waals surface area contributed by atoms with Crippen LogP contribution in [0.4, 0.5) is 0 Å². The molecule has 0 unspecified atom stereocenters. The van der Waals surface area contributed by atoms with Crippen LogP contribution in [0.15, 0.2) is 0 Å². The Kier molecular flexibility index (Phi) is 4.26. The Hall–Kier alpha value is -0.530. The molecule has 0 saturated carbocycles. The number of carbonyl (C=O) groups excluding carboxylic acids is 1. The standard InChI is InChI=1S/C11H20O2/c1-9-7-5-3-4-6-8-11(12)13-10(9)2/h9-10H,3-8H2,1-2H3/t9-,10-/m0/s1. The van der Waals surface area contributed by atoms with Gasteiger partial charge in [-0.2, -0.15) is 0 Å². The molecular weight excluding hydrogens is 164 g/mol. The third-order valence-electron chi connectivity index (χ3n) is 2.91. The first-order valence-electron chi connectivity index (χ1n) is 5.39. The van der Waals surface area contributed by atoms with E-state index in [1.165, 1.54) is 25.7 Å². The van der Waals surface area contributed by atoms with E-state index >= 15 is 0 Å². The monoisotopic (exact) mass is 184 g/mol. The van der Waals surface area contributed by atoms with Crippen molar-refractivity contribution in [3.8, 4) is 0 Å². The fraction of sp³-hybridized carbons (Fsp3) is 0.909. The van der Waals surface area contributed by atoms with Crippen LogP contribution in [0.1, 0.15) is 52.4 Å². The molecule has 1 heterocycles. The maximum atomic E-state index is 11.2. The van der Waals surface area contributed by atoms with Gasteiger partial charge in [-0.3, -0.25) is 4.79 Å². The summed E-state index contributed by atoms with van der Waals surface area (Å²) >= 11 is 0. The second-order valence-corrected chi connectivity index (χ2v) is 4.13. The normalized spacial score (nSPS) is 32.3. The van der Waals surface area contributed by atoms with Crippen molar-refractivity contribution in [2.24, 2.45) is 5.92 Å². The molecule has 0 spiro atoms. The molecule has 1 aliphatic rings. The molecule has 0 aromatic carbocycles. The summed E-state index contributed by atoms with van der Waals surface area (Å²) in [5.41, 5.74) is 0. The fourth-order valence-electron chi connectivity index (χ4n) is 1.71. The van der Waals surface area contributed by atoms with Crippen LogP contribution in [0.25, 0.3) is 0 Å². The van der Waals surface area contributed by atoms with Gasteiger partial charge in [-0.1, -0.05) is 26.2 Å². The molecule has 2 heteroatoms. The summed E-state index contributed by atoms with van der Waals surface area (Å²) in [5, 5.41) is 0. The highest BCUT2D eigenvalue weighted by atomic mass is 16.5. The summed E-state index contributed by atoms with van der Waals surface area (Å²) in [6.45, 7) is 4.17. The molecule has 2 atom stereocenters. The van der Waals surface area contributed by atoms with Crippen molar-refractivity contribution in [3.63, 3.8) is 0 Å². The molecule has 1 saturated heterocycles.